The molecule has 1 spiro atoms. The van der Waals surface area contributed by atoms with Gasteiger partial charge in [-0.15, -0.1) is 0 Å². The van der Waals surface area contributed by atoms with E-state index in [1.165, 1.54) is 6.33 Å². The highest BCUT2D eigenvalue weighted by Gasteiger charge is 2.41. The normalized spacial score (nSPS) is 28.4. The van der Waals surface area contributed by atoms with Crippen LogP contribution >= 0.6 is 0 Å². The maximum absolute atomic E-state index is 12.0. The van der Waals surface area contributed by atoms with E-state index in [4.69, 9.17) is 9.47 Å². The molecule has 3 heterocycles. The predicted octanol–water partition coefficient (Wildman–Crippen LogP) is -0.802. The minimum absolute atomic E-state index is 0.0555. The van der Waals surface area contributed by atoms with Gasteiger partial charge in [0.05, 0.1) is 37.8 Å². The summed E-state index contributed by atoms with van der Waals surface area (Å²) in [6.45, 7) is 3.12. The second-order valence-electron chi connectivity index (χ2n) is 4.78. The quantitative estimate of drug-likeness (QED) is 0.715. The van der Waals surface area contributed by atoms with E-state index in [1.807, 2.05) is 0 Å². The Bertz CT molecular complexity index is 446. The van der Waals surface area contributed by atoms with Crippen molar-refractivity contribution in [3.05, 3.63) is 18.7 Å². The number of amides is 1. The van der Waals surface area contributed by atoms with Crippen LogP contribution < -0.4 is 10.2 Å². The fourth-order valence-electron chi connectivity index (χ4n) is 2.34. The standard InChI is InChI=1S/C12H16N4O3/c17-11-5-19-12(6-13-1-2-18-8-12)7-16(11)10-3-14-9-15-4-10/h3-4,9,13H,1-2,5-8H2. The lowest BCUT2D eigenvalue weighted by Crippen LogP contribution is -2.60. The molecule has 102 valence electrons. The van der Waals surface area contributed by atoms with E-state index >= 15 is 0 Å². The highest BCUT2D eigenvalue weighted by molar-refractivity contribution is 5.94. The van der Waals surface area contributed by atoms with Gasteiger partial charge >= 0.3 is 0 Å². The molecule has 0 aromatic carbocycles. The van der Waals surface area contributed by atoms with Crippen LogP contribution in [0.15, 0.2) is 18.7 Å². The van der Waals surface area contributed by atoms with Gasteiger partial charge in [0.25, 0.3) is 5.91 Å². The van der Waals surface area contributed by atoms with Gasteiger partial charge in [-0.2, -0.15) is 0 Å². The molecule has 0 bridgehead atoms. The molecular weight excluding hydrogens is 248 g/mol. The average Bonchev–Trinajstić information content (AvgIpc) is 2.69. The summed E-state index contributed by atoms with van der Waals surface area (Å²) in [6.07, 6.45) is 4.71. The maximum atomic E-state index is 12.0. The van der Waals surface area contributed by atoms with Crippen molar-refractivity contribution in [3.8, 4) is 0 Å². The Morgan fingerprint density at radius 3 is 3.05 bits per heavy atom. The summed E-state index contributed by atoms with van der Waals surface area (Å²) in [4.78, 5) is 21.6. The number of carbonyl (C=O) groups excluding carboxylic acids is 1. The van der Waals surface area contributed by atoms with E-state index in [2.05, 4.69) is 15.3 Å². The lowest BCUT2D eigenvalue weighted by atomic mass is 10.0. The molecule has 2 aliphatic heterocycles. The molecule has 2 saturated heterocycles. The van der Waals surface area contributed by atoms with Crippen LogP contribution in [0.2, 0.25) is 0 Å². The molecule has 1 atom stereocenters. The Morgan fingerprint density at radius 1 is 1.37 bits per heavy atom. The number of carbonyl (C=O) groups is 1. The molecule has 7 nitrogen and oxygen atoms in total. The van der Waals surface area contributed by atoms with Crippen LogP contribution in [0.25, 0.3) is 0 Å². The number of nitrogens with zero attached hydrogens (tertiary/aromatic N) is 3. The van der Waals surface area contributed by atoms with Crippen molar-refractivity contribution in [1.29, 1.82) is 0 Å². The number of morpholine rings is 1. The number of hydrogen-bond donors (Lipinski definition) is 1. The third-order valence-electron chi connectivity index (χ3n) is 3.34. The van der Waals surface area contributed by atoms with Gasteiger partial charge in [0, 0.05) is 13.1 Å². The monoisotopic (exact) mass is 264 g/mol. The van der Waals surface area contributed by atoms with E-state index in [9.17, 15) is 4.79 Å². The Hall–Kier alpha value is -1.57. The third-order valence-corrected chi connectivity index (χ3v) is 3.34. The number of hydrogen-bond acceptors (Lipinski definition) is 6. The van der Waals surface area contributed by atoms with Crippen LogP contribution in [-0.2, 0) is 14.3 Å². The maximum Gasteiger partial charge on any atom is 0.253 e. The number of rotatable bonds is 1. The zero-order valence-electron chi connectivity index (χ0n) is 10.5. The molecule has 7 heteroatoms. The molecular formula is C12H16N4O3. The summed E-state index contributed by atoms with van der Waals surface area (Å²) in [5.74, 6) is -0.0790. The van der Waals surface area contributed by atoms with Crippen LogP contribution in [0, 0.1) is 0 Å². The van der Waals surface area contributed by atoms with Gasteiger partial charge in [-0.3, -0.25) is 4.79 Å². The first kappa shape index (κ1) is 12.5. The molecule has 0 saturated carbocycles. The zero-order valence-corrected chi connectivity index (χ0v) is 10.5. The van der Waals surface area contributed by atoms with E-state index in [1.54, 1.807) is 17.3 Å². The molecule has 0 aliphatic carbocycles. The Morgan fingerprint density at radius 2 is 2.21 bits per heavy atom. The van der Waals surface area contributed by atoms with Crippen LogP contribution in [0.1, 0.15) is 0 Å². The zero-order chi connectivity index (χ0) is 13.1. The topological polar surface area (TPSA) is 76.6 Å². The van der Waals surface area contributed by atoms with Crippen molar-refractivity contribution in [2.75, 3.05) is 44.4 Å². The van der Waals surface area contributed by atoms with E-state index in [0.717, 1.165) is 6.54 Å². The smallest absolute Gasteiger partial charge is 0.253 e. The summed E-state index contributed by atoms with van der Waals surface area (Å²) in [5, 5.41) is 3.28. The molecule has 0 radical (unpaired) electrons. The van der Waals surface area contributed by atoms with Crippen molar-refractivity contribution in [2.24, 2.45) is 0 Å². The van der Waals surface area contributed by atoms with Gasteiger partial charge in [-0.05, 0) is 0 Å². The molecule has 1 N–H and O–H groups in total. The molecule has 19 heavy (non-hydrogen) atoms. The number of anilines is 1. The Labute approximate surface area is 110 Å². The van der Waals surface area contributed by atoms with Gasteiger partial charge in [-0.25, -0.2) is 9.97 Å². The van der Waals surface area contributed by atoms with Gasteiger partial charge in [0.2, 0.25) is 0 Å². The third kappa shape index (κ3) is 2.58. The first-order valence-corrected chi connectivity index (χ1v) is 6.27. The van der Waals surface area contributed by atoms with Crippen molar-refractivity contribution in [3.63, 3.8) is 0 Å². The summed E-state index contributed by atoms with van der Waals surface area (Å²) >= 11 is 0. The predicted molar refractivity (Wildman–Crippen MR) is 66.8 cm³/mol. The fourth-order valence-corrected chi connectivity index (χ4v) is 2.34. The highest BCUT2D eigenvalue weighted by atomic mass is 16.5. The Balaban J connectivity index is 1.82. The number of aromatic nitrogens is 2. The number of nitrogens with one attached hydrogen (secondary N) is 1. The van der Waals surface area contributed by atoms with E-state index in [-0.39, 0.29) is 12.5 Å². The molecule has 1 amide bonds. The summed E-state index contributed by atoms with van der Waals surface area (Å²) < 4.78 is 11.3. The summed E-state index contributed by atoms with van der Waals surface area (Å²) in [5.41, 5.74) is 0.208. The fraction of sp³-hybridized carbons (Fsp3) is 0.583. The van der Waals surface area contributed by atoms with Gasteiger partial charge in [0.1, 0.15) is 18.5 Å². The van der Waals surface area contributed by atoms with Gasteiger partial charge in [0.15, 0.2) is 0 Å². The summed E-state index contributed by atoms with van der Waals surface area (Å²) in [6, 6.07) is 0. The molecule has 3 rings (SSSR count). The largest absolute Gasteiger partial charge is 0.377 e. The molecule has 1 unspecified atom stereocenters. The van der Waals surface area contributed by atoms with Crippen molar-refractivity contribution < 1.29 is 14.3 Å². The van der Waals surface area contributed by atoms with E-state index < -0.39 is 5.60 Å². The molecule has 2 fully saturated rings. The minimum Gasteiger partial charge on any atom is -0.377 e. The lowest BCUT2D eigenvalue weighted by Gasteiger charge is -2.41. The van der Waals surface area contributed by atoms with Crippen LogP contribution in [0.3, 0.4) is 0 Å². The van der Waals surface area contributed by atoms with E-state index in [0.29, 0.717) is 32.0 Å². The van der Waals surface area contributed by atoms with Gasteiger partial charge < -0.3 is 19.7 Å². The van der Waals surface area contributed by atoms with Gasteiger partial charge in [-0.1, -0.05) is 0 Å². The minimum atomic E-state index is -0.486. The van der Waals surface area contributed by atoms with Crippen molar-refractivity contribution >= 4 is 11.6 Å². The molecule has 2 aliphatic rings. The van der Waals surface area contributed by atoms with Crippen molar-refractivity contribution in [1.82, 2.24) is 15.3 Å². The first-order valence-electron chi connectivity index (χ1n) is 6.27. The average molecular weight is 264 g/mol. The van der Waals surface area contributed by atoms with Crippen LogP contribution in [0.5, 0.6) is 0 Å². The van der Waals surface area contributed by atoms with Crippen LogP contribution in [-0.4, -0.2) is 60.9 Å². The molecule has 1 aromatic heterocycles. The lowest BCUT2D eigenvalue weighted by molar-refractivity contribution is -0.144. The second kappa shape index (κ2) is 5.20. The second-order valence-corrected chi connectivity index (χ2v) is 4.78. The first-order chi connectivity index (χ1) is 9.29. The van der Waals surface area contributed by atoms with Crippen LogP contribution in [0.4, 0.5) is 5.69 Å². The SMILES string of the molecule is O=C1COC2(CNCCOC2)CN1c1cncnc1. The van der Waals surface area contributed by atoms with Crippen molar-refractivity contribution in [2.45, 2.75) is 5.60 Å². The summed E-state index contributed by atoms with van der Waals surface area (Å²) in [7, 11) is 0. The number of ether oxygens (including phenoxy) is 2. The highest BCUT2D eigenvalue weighted by Crippen LogP contribution is 2.24. The Kier molecular flexibility index (Phi) is 3.41. The molecule has 1 aromatic rings.